The molecule has 0 aliphatic heterocycles. The topological polar surface area (TPSA) is 116 Å². The van der Waals surface area contributed by atoms with E-state index in [0.717, 1.165) is 0 Å². The first kappa shape index (κ1) is 13.2. The van der Waals surface area contributed by atoms with Crippen LogP contribution in [0.15, 0.2) is 12.4 Å². The van der Waals surface area contributed by atoms with E-state index in [2.05, 4.69) is 10.4 Å². The van der Waals surface area contributed by atoms with Crippen molar-refractivity contribution in [3.63, 3.8) is 0 Å². The molecule has 0 aliphatic carbocycles. The van der Waals surface area contributed by atoms with Crippen molar-refractivity contribution >= 4 is 17.5 Å². The predicted molar refractivity (Wildman–Crippen MR) is 62.9 cm³/mol. The van der Waals surface area contributed by atoms with Crippen LogP contribution in [0.3, 0.4) is 0 Å². The van der Waals surface area contributed by atoms with Gasteiger partial charge in [0.2, 0.25) is 11.8 Å². The molecule has 1 rings (SSSR count). The Morgan fingerprint density at radius 3 is 2.88 bits per heavy atom. The largest absolute Gasteiger partial charge is 0.368 e. The molecule has 0 radical (unpaired) electrons. The molecular weight excluding hydrogens is 222 g/mol. The number of carbonyl (C=O) groups excluding carboxylic acids is 2. The van der Waals surface area contributed by atoms with Crippen LogP contribution in [-0.2, 0) is 16.1 Å². The van der Waals surface area contributed by atoms with Crippen LogP contribution in [0.1, 0.15) is 19.8 Å². The molecule has 17 heavy (non-hydrogen) atoms. The van der Waals surface area contributed by atoms with Gasteiger partial charge in [0, 0.05) is 18.7 Å². The van der Waals surface area contributed by atoms with Gasteiger partial charge in [0.05, 0.1) is 11.9 Å². The summed E-state index contributed by atoms with van der Waals surface area (Å²) in [4.78, 5) is 22.1. The van der Waals surface area contributed by atoms with E-state index in [1.807, 2.05) is 6.92 Å². The first-order valence-corrected chi connectivity index (χ1v) is 5.33. The highest BCUT2D eigenvalue weighted by molar-refractivity contribution is 5.90. The minimum absolute atomic E-state index is 0.00154. The van der Waals surface area contributed by atoms with Crippen molar-refractivity contribution in [1.82, 2.24) is 9.78 Å². The number of hydrogen-bond acceptors (Lipinski definition) is 4. The Morgan fingerprint density at radius 2 is 2.29 bits per heavy atom. The number of amides is 2. The highest BCUT2D eigenvalue weighted by Gasteiger charge is 2.06. The number of nitrogens with zero attached hydrogens (tertiary/aromatic N) is 2. The van der Waals surface area contributed by atoms with Crippen molar-refractivity contribution < 1.29 is 9.59 Å². The molecule has 0 spiro atoms. The Hall–Kier alpha value is -1.89. The number of anilines is 1. The highest BCUT2D eigenvalue weighted by Crippen LogP contribution is 2.06. The number of nitrogens with two attached hydrogens (primary N) is 2. The van der Waals surface area contributed by atoms with Gasteiger partial charge in [-0.15, -0.1) is 0 Å². The maximum atomic E-state index is 11.5. The van der Waals surface area contributed by atoms with Crippen molar-refractivity contribution in [3.8, 4) is 0 Å². The van der Waals surface area contributed by atoms with Crippen LogP contribution < -0.4 is 16.8 Å². The summed E-state index contributed by atoms with van der Waals surface area (Å²) >= 11 is 0. The second-order valence-electron chi connectivity index (χ2n) is 3.96. The maximum absolute atomic E-state index is 11.5. The molecular formula is C10H17N5O2. The average molecular weight is 239 g/mol. The zero-order valence-electron chi connectivity index (χ0n) is 9.72. The van der Waals surface area contributed by atoms with Gasteiger partial charge in [-0.3, -0.25) is 14.3 Å². The minimum Gasteiger partial charge on any atom is -0.368 e. The summed E-state index contributed by atoms with van der Waals surface area (Å²) in [6.07, 6.45) is 4.00. The van der Waals surface area contributed by atoms with Crippen LogP contribution in [0.2, 0.25) is 0 Å². The zero-order chi connectivity index (χ0) is 12.8. The fraction of sp³-hybridized carbons (Fsp3) is 0.500. The number of primary amides is 1. The molecule has 0 fully saturated rings. The van der Waals surface area contributed by atoms with Gasteiger partial charge in [-0.2, -0.15) is 5.10 Å². The highest BCUT2D eigenvalue weighted by atomic mass is 16.2. The van der Waals surface area contributed by atoms with E-state index in [0.29, 0.717) is 18.5 Å². The number of rotatable bonds is 6. The third-order valence-electron chi connectivity index (χ3n) is 2.06. The van der Waals surface area contributed by atoms with Crippen LogP contribution >= 0.6 is 0 Å². The zero-order valence-corrected chi connectivity index (χ0v) is 9.72. The number of carbonyl (C=O) groups is 2. The van der Waals surface area contributed by atoms with Crippen LogP contribution in [0.5, 0.6) is 0 Å². The fourth-order valence-electron chi connectivity index (χ4n) is 1.26. The van der Waals surface area contributed by atoms with Gasteiger partial charge in [0.15, 0.2) is 0 Å². The monoisotopic (exact) mass is 239 g/mol. The quantitative estimate of drug-likeness (QED) is 0.616. The molecule has 1 atom stereocenters. The number of aromatic nitrogens is 2. The van der Waals surface area contributed by atoms with Crippen LogP contribution in [0, 0.1) is 0 Å². The van der Waals surface area contributed by atoms with E-state index in [9.17, 15) is 9.59 Å². The molecule has 0 saturated carbocycles. The van der Waals surface area contributed by atoms with Gasteiger partial charge < -0.3 is 16.8 Å². The summed E-state index contributed by atoms with van der Waals surface area (Å²) in [6.45, 7) is 1.84. The smallest absolute Gasteiger partial charge is 0.239 e. The van der Waals surface area contributed by atoms with E-state index in [1.165, 1.54) is 10.9 Å². The average Bonchev–Trinajstić information content (AvgIpc) is 2.61. The van der Waals surface area contributed by atoms with Gasteiger partial charge >= 0.3 is 0 Å². The van der Waals surface area contributed by atoms with Crippen molar-refractivity contribution in [3.05, 3.63) is 12.4 Å². The van der Waals surface area contributed by atoms with E-state index < -0.39 is 5.91 Å². The van der Waals surface area contributed by atoms with Gasteiger partial charge in [-0.05, 0) is 13.3 Å². The number of nitrogens with one attached hydrogen (secondary N) is 1. The predicted octanol–water partition coefficient (Wildman–Crippen LogP) is -0.566. The second kappa shape index (κ2) is 6.00. The summed E-state index contributed by atoms with van der Waals surface area (Å²) in [5.74, 6) is -0.608. The van der Waals surface area contributed by atoms with Crippen LogP contribution in [-0.4, -0.2) is 27.6 Å². The molecule has 2 amide bonds. The minimum atomic E-state index is -0.483. The standard InChI is InChI=1S/C10H17N5O2/c1-7(11)2-3-10(17)14-8-4-13-15(5-8)6-9(12)16/h4-5,7H,2-3,6,11H2,1H3,(H2,12,16)(H,14,17). The summed E-state index contributed by atoms with van der Waals surface area (Å²) in [5.41, 5.74) is 11.1. The summed E-state index contributed by atoms with van der Waals surface area (Å²) in [5, 5.41) is 6.54. The number of hydrogen-bond donors (Lipinski definition) is 3. The summed E-state index contributed by atoms with van der Waals surface area (Å²) in [6, 6.07) is -0.00154. The maximum Gasteiger partial charge on any atom is 0.239 e. The van der Waals surface area contributed by atoms with Crippen molar-refractivity contribution in [2.75, 3.05) is 5.32 Å². The lowest BCUT2D eigenvalue weighted by Crippen LogP contribution is -2.19. The lowest BCUT2D eigenvalue weighted by atomic mass is 10.2. The molecule has 0 bridgehead atoms. The van der Waals surface area contributed by atoms with E-state index >= 15 is 0 Å². The van der Waals surface area contributed by atoms with E-state index in [-0.39, 0.29) is 18.5 Å². The van der Waals surface area contributed by atoms with Crippen molar-refractivity contribution in [2.24, 2.45) is 11.5 Å². The normalized spacial score (nSPS) is 12.1. The summed E-state index contributed by atoms with van der Waals surface area (Å²) < 4.78 is 1.36. The summed E-state index contributed by atoms with van der Waals surface area (Å²) in [7, 11) is 0. The van der Waals surface area contributed by atoms with Crippen molar-refractivity contribution in [2.45, 2.75) is 32.4 Å². The molecule has 0 aliphatic rings. The Bertz CT molecular complexity index is 399. The lowest BCUT2D eigenvalue weighted by molar-refractivity contribution is -0.118. The van der Waals surface area contributed by atoms with Crippen LogP contribution in [0.25, 0.3) is 0 Å². The molecule has 1 heterocycles. The Balaban J connectivity index is 2.43. The Labute approximate surface area is 99.1 Å². The third kappa shape index (κ3) is 5.12. The molecule has 94 valence electrons. The molecule has 5 N–H and O–H groups in total. The van der Waals surface area contributed by atoms with Crippen LogP contribution in [0.4, 0.5) is 5.69 Å². The van der Waals surface area contributed by atoms with Gasteiger partial charge in [0.1, 0.15) is 6.54 Å². The van der Waals surface area contributed by atoms with Gasteiger partial charge in [-0.25, -0.2) is 0 Å². The van der Waals surface area contributed by atoms with Crippen molar-refractivity contribution in [1.29, 1.82) is 0 Å². The molecule has 0 saturated heterocycles. The Morgan fingerprint density at radius 1 is 1.59 bits per heavy atom. The SMILES string of the molecule is CC(N)CCC(=O)Nc1cnn(CC(N)=O)c1. The first-order chi connectivity index (χ1) is 7.97. The fourth-order valence-corrected chi connectivity index (χ4v) is 1.26. The third-order valence-corrected chi connectivity index (χ3v) is 2.06. The van der Waals surface area contributed by atoms with E-state index in [4.69, 9.17) is 11.5 Å². The molecule has 0 aromatic carbocycles. The molecule has 1 unspecified atom stereocenters. The Kier molecular flexibility index (Phi) is 4.65. The molecule has 1 aromatic heterocycles. The molecule has 7 heteroatoms. The van der Waals surface area contributed by atoms with E-state index in [1.54, 1.807) is 6.20 Å². The van der Waals surface area contributed by atoms with Gasteiger partial charge in [-0.1, -0.05) is 0 Å². The molecule has 1 aromatic rings. The second-order valence-corrected chi connectivity index (χ2v) is 3.96. The first-order valence-electron chi connectivity index (χ1n) is 5.33. The van der Waals surface area contributed by atoms with Gasteiger partial charge in [0.25, 0.3) is 0 Å². The molecule has 7 nitrogen and oxygen atoms in total. The lowest BCUT2D eigenvalue weighted by Gasteiger charge is -2.04.